The first-order valence-corrected chi connectivity index (χ1v) is 4.06. The van der Waals surface area contributed by atoms with E-state index >= 15 is 0 Å². The van der Waals surface area contributed by atoms with Crippen LogP contribution < -0.4 is 5.73 Å². The number of aliphatic carboxylic acids is 1. The minimum absolute atomic E-state index is 0.356. The van der Waals surface area contributed by atoms with Crippen LogP contribution in [0.4, 0.5) is 0 Å². The second kappa shape index (κ2) is 4.57. The Balaban J connectivity index is 2.54. The molecule has 3 N–H and O–H groups in total. The van der Waals surface area contributed by atoms with E-state index in [1.54, 1.807) is 18.5 Å². The Hall–Kier alpha value is -1.42. The van der Waals surface area contributed by atoms with Crippen LogP contribution in [0.5, 0.6) is 0 Å². The molecule has 0 bridgehead atoms. The Kier molecular flexibility index (Phi) is 3.40. The second-order valence-electron chi connectivity index (χ2n) is 2.81. The van der Waals surface area contributed by atoms with Gasteiger partial charge in [0, 0.05) is 18.8 Å². The first kappa shape index (κ1) is 9.67. The van der Waals surface area contributed by atoms with Crippen LogP contribution in [-0.2, 0) is 4.79 Å². The summed E-state index contributed by atoms with van der Waals surface area (Å²) in [5.41, 5.74) is 6.31. The highest BCUT2D eigenvalue weighted by Gasteiger charge is 2.12. The molecule has 0 aromatic carbocycles. The largest absolute Gasteiger partial charge is 0.480 e. The summed E-state index contributed by atoms with van der Waals surface area (Å²) in [4.78, 5) is 14.4. The van der Waals surface area contributed by atoms with Gasteiger partial charge in [0.2, 0.25) is 0 Å². The predicted octanol–water partition coefficient (Wildman–Crippen LogP) is 0.703. The number of aliphatic imine (C=N–C) groups is 1. The van der Waals surface area contributed by atoms with Gasteiger partial charge in [-0.05, 0) is 18.1 Å². The number of nitrogens with zero attached hydrogens (tertiary/aromatic N) is 1. The van der Waals surface area contributed by atoms with Crippen molar-refractivity contribution in [3.8, 4) is 0 Å². The lowest BCUT2D eigenvalue weighted by Gasteiger charge is -2.05. The highest BCUT2D eigenvalue weighted by atomic mass is 16.4. The summed E-state index contributed by atoms with van der Waals surface area (Å²) in [5.74, 6) is -0.973. The zero-order valence-corrected chi connectivity index (χ0v) is 7.18. The van der Waals surface area contributed by atoms with Gasteiger partial charge in [-0.25, -0.2) is 0 Å². The lowest BCUT2D eigenvalue weighted by atomic mass is 10.1. The summed E-state index contributed by atoms with van der Waals surface area (Å²) in [7, 11) is 0. The van der Waals surface area contributed by atoms with Crippen LogP contribution >= 0.6 is 0 Å². The summed E-state index contributed by atoms with van der Waals surface area (Å²) in [6.07, 6.45) is 8.20. The molecule has 0 radical (unpaired) electrons. The monoisotopic (exact) mass is 180 g/mol. The molecule has 0 saturated heterocycles. The van der Waals surface area contributed by atoms with Crippen LogP contribution in [0.25, 0.3) is 0 Å². The third-order valence-electron chi connectivity index (χ3n) is 1.74. The first-order valence-electron chi connectivity index (χ1n) is 4.06. The van der Waals surface area contributed by atoms with Gasteiger partial charge < -0.3 is 10.8 Å². The normalized spacial score (nSPS) is 17.8. The second-order valence-corrected chi connectivity index (χ2v) is 2.81. The number of rotatable bonds is 3. The van der Waals surface area contributed by atoms with E-state index in [1.165, 1.54) is 0 Å². The van der Waals surface area contributed by atoms with Gasteiger partial charge in [-0.1, -0.05) is 6.08 Å². The molecule has 4 heteroatoms. The highest BCUT2D eigenvalue weighted by Crippen LogP contribution is 2.09. The van der Waals surface area contributed by atoms with E-state index in [-0.39, 0.29) is 0 Å². The third-order valence-corrected chi connectivity index (χ3v) is 1.74. The molecule has 70 valence electrons. The van der Waals surface area contributed by atoms with Crippen molar-refractivity contribution >= 4 is 12.2 Å². The Morgan fingerprint density at radius 1 is 1.77 bits per heavy atom. The van der Waals surface area contributed by atoms with Crippen molar-refractivity contribution in [2.75, 3.05) is 0 Å². The number of carboxylic acid groups (broad SMARTS) is 1. The fraction of sp³-hybridized carbons (Fsp3) is 0.333. The van der Waals surface area contributed by atoms with Crippen molar-refractivity contribution in [2.24, 2.45) is 10.7 Å². The summed E-state index contributed by atoms with van der Waals surface area (Å²) in [6.45, 7) is 0. The molecule has 0 aromatic heterocycles. The van der Waals surface area contributed by atoms with E-state index < -0.39 is 12.0 Å². The maximum absolute atomic E-state index is 10.5. The minimum Gasteiger partial charge on any atom is -0.480 e. The van der Waals surface area contributed by atoms with Gasteiger partial charge in [0.25, 0.3) is 0 Å². The fourth-order valence-corrected chi connectivity index (χ4v) is 1.03. The molecule has 0 saturated carbocycles. The van der Waals surface area contributed by atoms with Crippen molar-refractivity contribution < 1.29 is 9.90 Å². The molecule has 0 spiro atoms. The van der Waals surface area contributed by atoms with Crippen LogP contribution in [0.3, 0.4) is 0 Å². The molecule has 1 rings (SSSR count). The van der Waals surface area contributed by atoms with E-state index in [2.05, 4.69) is 4.99 Å². The lowest BCUT2D eigenvalue weighted by molar-refractivity contribution is -0.138. The van der Waals surface area contributed by atoms with Crippen LogP contribution in [0.15, 0.2) is 28.9 Å². The maximum atomic E-state index is 10.5. The minimum atomic E-state index is -0.973. The van der Waals surface area contributed by atoms with Crippen molar-refractivity contribution in [2.45, 2.75) is 18.9 Å². The molecular weight excluding hydrogens is 168 g/mol. The van der Waals surface area contributed by atoms with Gasteiger partial charge in [-0.2, -0.15) is 0 Å². The summed E-state index contributed by atoms with van der Waals surface area (Å²) in [5, 5.41) is 8.58. The molecule has 0 aromatic rings. The van der Waals surface area contributed by atoms with Gasteiger partial charge in [-0.15, -0.1) is 0 Å². The quantitative estimate of drug-likeness (QED) is 0.671. The molecule has 0 aliphatic carbocycles. The zero-order chi connectivity index (χ0) is 9.68. The van der Waals surface area contributed by atoms with Crippen LogP contribution in [0.1, 0.15) is 12.8 Å². The highest BCUT2D eigenvalue weighted by molar-refractivity contribution is 5.73. The third kappa shape index (κ3) is 3.21. The predicted molar refractivity (Wildman–Crippen MR) is 50.6 cm³/mol. The van der Waals surface area contributed by atoms with E-state index in [0.29, 0.717) is 6.42 Å². The molecule has 13 heavy (non-hydrogen) atoms. The van der Waals surface area contributed by atoms with Gasteiger partial charge in [0.1, 0.15) is 6.04 Å². The topological polar surface area (TPSA) is 75.7 Å². The number of allylic oxidation sites excluding steroid dienone is 2. The van der Waals surface area contributed by atoms with Gasteiger partial charge in [0.15, 0.2) is 0 Å². The standard InChI is InChI=1S/C9H12N2O2/c10-8(9(12)13)6-7-2-1-4-11-5-3-7/h2-5,8H,1,6,10H2,(H,12,13)/t8-/m0/s1. The fourth-order valence-electron chi connectivity index (χ4n) is 1.03. The summed E-state index contributed by atoms with van der Waals surface area (Å²) >= 11 is 0. The lowest BCUT2D eigenvalue weighted by Crippen LogP contribution is -2.30. The number of carbonyl (C=O) groups is 1. The smallest absolute Gasteiger partial charge is 0.320 e. The maximum Gasteiger partial charge on any atom is 0.320 e. The molecular formula is C9H12N2O2. The van der Waals surface area contributed by atoms with Crippen molar-refractivity contribution in [1.29, 1.82) is 0 Å². The van der Waals surface area contributed by atoms with E-state index in [9.17, 15) is 4.79 Å². The Morgan fingerprint density at radius 2 is 2.54 bits per heavy atom. The van der Waals surface area contributed by atoms with Crippen molar-refractivity contribution in [3.63, 3.8) is 0 Å². The van der Waals surface area contributed by atoms with Gasteiger partial charge in [0.05, 0.1) is 0 Å². The number of hydrogen-bond acceptors (Lipinski definition) is 3. The molecule has 1 atom stereocenters. The number of hydrogen-bond donors (Lipinski definition) is 2. The molecule has 0 amide bonds. The van der Waals surface area contributed by atoms with Crippen LogP contribution in [0, 0.1) is 0 Å². The van der Waals surface area contributed by atoms with Gasteiger partial charge >= 0.3 is 5.97 Å². The van der Waals surface area contributed by atoms with E-state index in [4.69, 9.17) is 10.8 Å². The summed E-state index contributed by atoms with van der Waals surface area (Å²) < 4.78 is 0. The number of carboxylic acids is 1. The van der Waals surface area contributed by atoms with Crippen molar-refractivity contribution in [1.82, 2.24) is 0 Å². The van der Waals surface area contributed by atoms with E-state index in [1.807, 2.05) is 6.08 Å². The Morgan fingerprint density at radius 3 is 3.23 bits per heavy atom. The molecule has 1 aliphatic rings. The summed E-state index contributed by atoms with van der Waals surface area (Å²) in [6, 6.07) is -0.825. The van der Waals surface area contributed by atoms with Crippen molar-refractivity contribution in [3.05, 3.63) is 23.9 Å². The average Bonchev–Trinajstić information content (AvgIpc) is 2.32. The van der Waals surface area contributed by atoms with Gasteiger partial charge in [-0.3, -0.25) is 9.79 Å². The molecule has 4 nitrogen and oxygen atoms in total. The van der Waals surface area contributed by atoms with E-state index in [0.717, 1.165) is 12.0 Å². The average molecular weight is 180 g/mol. The van der Waals surface area contributed by atoms with Crippen LogP contribution in [0.2, 0.25) is 0 Å². The molecule has 1 aliphatic heterocycles. The Bertz CT molecular complexity index is 279. The molecule has 0 unspecified atom stereocenters. The molecule has 0 fully saturated rings. The first-order chi connectivity index (χ1) is 6.20. The SMILES string of the molecule is N[C@@H](CC1=CCC=NC=C1)C(=O)O. The number of nitrogens with two attached hydrogens (primary N) is 1. The van der Waals surface area contributed by atoms with Crippen LogP contribution in [-0.4, -0.2) is 23.3 Å². The zero-order valence-electron chi connectivity index (χ0n) is 7.18. The Labute approximate surface area is 76.5 Å². The molecule has 1 heterocycles.